The molecule has 0 aromatic carbocycles. The Hall–Kier alpha value is -1.88. The molecule has 2 rings (SSSR count). The van der Waals surface area contributed by atoms with Gasteiger partial charge in [-0.15, -0.1) is 6.58 Å². The van der Waals surface area contributed by atoms with E-state index in [9.17, 15) is 19.8 Å². The van der Waals surface area contributed by atoms with Crippen molar-refractivity contribution in [3.05, 3.63) is 36.1 Å². The van der Waals surface area contributed by atoms with Gasteiger partial charge in [-0.2, -0.15) is 0 Å². The van der Waals surface area contributed by atoms with Crippen LogP contribution in [-0.4, -0.2) is 34.7 Å². The van der Waals surface area contributed by atoms with Gasteiger partial charge in [0.2, 0.25) is 0 Å². The number of allylic oxidation sites excluding steroid dienone is 2. The van der Waals surface area contributed by atoms with Crippen LogP contribution in [0.1, 0.15) is 26.2 Å². The average Bonchev–Trinajstić information content (AvgIpc) is 2.65. The Bertz CT molecular complexity index is 573. The molecule has 0 aromatic heterocycles. The maximum atomic E-state index is 11.8. The first-order valence-electron chi connectivity index (χ1n) is 6.77. The molecule has 0 aliphatic heterocycles. The van der Waals surface area contributed by atoms with Crippen molar-refractivity contribution in [2.24, 2.45) is 11.3 Å². The molecular formula is C16H20O5. The number of esters is 1. The quantitative estimate of drug-likeness (QED) is 0.471. The van der Waals surface area contributed by atoms with E-state index >= 15 is 0 Å². The monoisotopic (exact) mass is 292 g/mol. The van der Waals surface area contributed by atoms with Gasteiger partial charge in [0.05, 0.1) is 12.7 Å². The number of ketones is 1. The molecule has 5 heteroatoms. The molecule has 2 N–H and O–H groups in total. The third-order valence-electron chi connectivity index (χ3n) is 4.78. The van der Waals surface area contributed by atoms with Crippen molar-refractivity contribution in [2.75, 3.05) is 7.11 Å². The molecule has 0 unspecified atom stereocenters. The smallest absolute Gasteiger partial charge is 0.333 e. The minimum atomic E-state index is -1.36. The van der Waals surface area contributed by atoms with Gasteiger partial charge < -0.3 is 14.9 Å². The summed E-state index contributed by atoms with van der Waals surface area (Å²) in [6.45, 7) is 9.42. The second kappa shape index (κ2) is 4.84. The predicted octanol–water partition coefficient (Wildman–Crippen LogP) is 1.83. The Morgan fingerprint density at radius 2 is 2.14 bits per heavy atom. The third-order valence-corrected chi connectivity index (χ3v) is 4.78. The van der Waals surface area contributed by atoms with E-state index in [4.69, 9.17) is 4.74 Å². The van der Waals surface area contributed by atoms with Crippen LogP contribution in [0, 0.1) is 11.3 Å². The number of rotatable bonds is 3. The van der Waals surface area contributed by atoms with E-state index in [1.54, 1.807) is 6.08 Å². The molecule has 0 spiro atoms. The molecule has 114 valence electrons. The first-order chi connectivity index (χ1) is 9.68. The van der Waals surface area contributed by atoms with E-state index in [0.29, 0.717) is 5.57 Å². The molecule has 0 aromatic rings. The van der Waals surface area contributed by atoms with Crippen LogP contribution < -0.4 is 0 Å². The van der Waals surface area contributed by atoms with Crippen LogP contribution in [0.5, 0.6) is 0 Å². The van der Waals surface area contributed by atoms with Crippen molar-refractivity contribution in [2.45, 2.75) is 31.8 Å². The Balaban J connectivity index is 2.47. The molecule has 0 saturated heterocycles. The summed E-state index contributed by atoms with van der Waals surface area (Å²) in [6, 6.07) is 0. The molecule has 2 aliphatic carbocycles. The molecule has 0 amide bonds. The lowest BCUT2D eigenvalue weighted by molar-refractivity contribution is -0.137. The molecule has 3 atom stereocenters. The number of hydrogen-bond donors (Lipinski definition) is 2. The Morgan fingerprint density at radius 3 is 2.67 bits per heavy atom. The number of fused-ring (bicyclic) bond motifs is 1. The summed E-state index contributed by atoms with van der Waals surface area (Å²) in [4.78, 5) is 23.5. The molecule has 1 fully saturated rings. The molecule has 0 heterocycles. The van der Waals surface area contributed by atoms with Gasteiger partial charge in [0.1, 0.15) is 0 Å². The zero-order valence-electron chi connectivity index (χ0n) is 12.3. The van der Waals surface area contributed by atoms with Gasteiger partial charge in [0.25, 0.3) is 0 Å². The van der Waals surface area contributed by atoms with Crippen LogP contribution in [0.2, 0.25) is 0 Å². The van der Waals surface area contributed by atoms with Crippen LogP contribution in [0.25, 0.3) is 0 Å². The van der Waals surface area contributed by atoms with Gasteiger partial charge in [0, 0.05) is 23.5 Å². The number of aliphatic hydroxyl groups is 2. The lowest BCUT2D eigenvalue weighted by Gasteiger charge is -2.46. The maximum Gasteiger partial charge on any atom is 0.333 e. The van der Waals surface area contributed by atoms with Crippen molar-refractivity contribution < 1.29 is 24.5 Å². The van der Waals surface area contributed by atoms with Gasteiger partial charge in [-0.25, -0.2) is 4.79 Å². The van der Waals surface area contributed by atoms with Gasteiger partial charge in [-0.3, -0.25) is 4.79 Å². The first-order valence-corrected chi connectivity index (χ1v) is 6.77. The summed E-state index contributed by atoms with van der Waals surface area (Å²) in [7, 11) is 1.27. The van der Waals surface area contributed by atoms with Gasteiger partial charge >= 0.3 is 5.97 Å². The molecule has 1 saturated carbocycles. The Labute approximate surface area is 123 Å². The number of ether oxygens (including phenoxy) is 1. The second-order valence-corrected chi connectivity index (χ2v) is 6.12. The summed E-state index contributed by atoms with van der Waals surface area (Å²) in [6.07, 6.45) is 1.93. The fourth-order valence-corrected chi connectivity index (χ4v) is 3.50. The normalized spacial score (nSPS) is 35.4. The highest BCUT2D eigenvalue weighted by atomic mass is 16.5. The summed E-state index contributed by atoms with van der Waals surface area (Å²) in [5.74, 6) is -1.77. The molecule has 21 heavy (non-hydrogen) atoms. The average molecular weight is 292 g/mol. The minimum Gasteiger partial charge on any atom is -0.504 e. The SMILES string of the molecule is C=C[C@@]1(C)C[C@@]2(O)CC(=O)C(O)=C2C[C@H]1C(=C)C(=O)OC. The minimum absolute atomic E-state index is 0.130. The van der Waals surface area contributed by atoms with Crippen LogP contribution in [0.4, 0.5) is 0 Å². The predicted molar refractivity (Wildman–Crippen MR) is 76.4 cm³/mol. The highest BCUT2D eigenvalue weighted by molar-refractivity contribution is 5.98. The largest absolute Gasteiger partial charge is 0.504 e. The van der Waals surface area contributed by atoms with Gasteiger partial charge in [-0.1, -0.05) is 19.6 Å². The number of hydrogen-bond acceptors (Lipinski definition) is 5. The summed E-state index contributed by atoms with van der Waals surface area (Å²) >= 11 is 0. The molecule has 0 radical (unpaired) electrons. The number of Topliss-reactive ketones (excluding diaryl/α,β-unsaturated/α-hetero) is 1. The van der Waals surface area contributed by atoms with Crippen molar-refractivity contribution >= 4 is 11.8 Å². The van der Waals surface area contributed by atoms with Crippen LogP contribution in [0.15, 0.2) is 36.1 Å². The van der Waals surface area contributed by atoms with Crippen molar-refractivity contribution in [3.8, 4) is 0 Å². The molecule has 0 bridgehead atoms. The topological polar surface area (TPSA) is 83.8 Å². The highest BCUT2D eigenvalue weighted by Crippen LogP contribution is 2.55. The van der Waals surface area contributed by atoms with Crippen LogP contribution in [0.3, 0.4) is 0 Å². The second-order valence-electron chi connectivity index (χ2n) is 6.12. The van der Waals surface area contributed by atoms with Gasteiger partial charge in [0.15, 0.2) is 11.5 Å². The first kappa shape index (κ1) is 15.5. The fraction of sp³-hybridized carbons (Fsp3) is 0.500. The van der Waals surface area contributed by atoms with Crippen LogP contribution in [-0.2, 0) is 14.3 Å². The Morgan fingerprint density at radius 1 is 1.52 bits per heavy atom. The summed E-state index contributed by atoms with van der Waals surface area (Å²) in [5, 5.41) is 20.6. The standard InChI is InChI=1S/C16H20O5/c1-5-15(3)8-16(20)7-12(17)13(18)11(16)6-10(15)9(2)14(19)21-4/h5,10,18,20H,1-2,6-8H2,3-4H3/t10-,15-,16-/m0/s1. The summed E-state index contributed by atoms with van der Waals surface area (Å²) < 4.78 is 4.71. The fourth-order valence-electron chi connectivity index (χ4n) is 3.50. The lowest BCUT2D eigenvalue weighted by Crippen LogP contribution is -2.46. The van der Waals surface area contributed by atoms with E-state index in [2.05, 4.69) is 13.2 Å². The zero-order chi connectivity index (χ0) is 16.0. The number of methoxy groups -OCH3 is 1. The van der Waals surface area contributed by atoms with E-state index in [-0.39, 0.29) is 36.5 Å². The third kappa shape index (κ3) is 2.21. The highest BCUT2D eigenvalue weighted by Gasteiger charge is 2.55. The Kier molecular flexibility index (Phi) is 3.58. The summed E-state index contributed by atoms with van der Waals surface area (Å²) in [5.41, 5.74) is -1.44. The van der Waals surface area contributed by atoms with Crippen molar-refractivity contribution in [1.82, 2.24) is 0 Å². The van der Waals surface area contributed by atoms with Gasteiger partial charge in [-0.05, 0) is 18.3 Å². The van der Waals surface area contributed by atoms with E-state index < -0.39 is 22.8 Å². The van der Waals surface area contributed by atoms with E-state index in [1.807, 2.05) is 6.92 Å². The number of carbonyl (C=O) groups is 2. The maximum absolute atomic E-state index is 11.8. The van der Waals surface area contributed by atoms with Crippen LogP contribution >= 0.6 is 0 Å². The lowest BCUT2D eigenvalue weighted by atomic mass is 9.59. The number of aliphatic hydroxyl groups excluding tert-OH is 1. The number of carbonyl (C=O) groups excluding carboxylic acids is 2. The molecule has 2 aliphatic rings. The zero-order valence-corrected chi connectivity index (χ0v) is 12.3. The molecule has 5 nitrogen and oxygen atoms in total. The van der Waals surface area contributed by atoms with Crippen molar-refractivity contribution in [1.29, 1.82) is 0 Å². The van der Waals surface area contributed by atoms with E-state index in [0.717, 1.165) is 0 Å². The van der Waals surface area contributed by atoms with E-state index in [1.165, 1.54) is 7.11 Å². The molecular weight excluding hydrogens is 272 g/mol. The van der Waals surface area contributed by atoms with Crippen molar-refractivity contribution in [3.63, 3.8) is 0 Å².